The molecule has 1 unspecified atom stereocenters. The maximum Gasteiger partial charge on any atom is 0.408 e. The molecule has 1 rings (SSSR count). The number of amides is 1. The Labute approximate surface area is 122 Å². The zero-order valence-electron chi connectivity index (χ0n) is 12.5. The Morgan fingerprint density at radius 1 is 1.19 bits per heavy atom. The second kappa shape index (κ2) is 6.65. The molecule has 1 atom stereocenters. The molecule has 0 aliphatic heterocycles. The lowest BCUT2D eigenvalue weighted by atomic mass is 9.85. The van der Waals surface area contributed by atoms with Crippen molar-refractivity contribution in [1.29, 1.82) is 0 Å². The van der Waals surface area contributed by atoms with Crippen LogP contribution in [0, 0.1) is 17.0 Å². The second-order valence-corrected chi connectivity index (χ2v) is 5.91. The summed E-state index contributed by atoms with van der Waals surface area (Å²) in [7, 11) is 0. The minimum absolute atomic E-state index is 0.192. The van der Waals surface area contributed by atoms with Gasteiger partial charge in [0, 0.05) is 6.07 Å². The number of carbonyl (C=O) groups excluding carboxylic acids is 2. The summed E-state index contributed by atoms with van der Waals surface area (Å²) >= 11 is 0. The van der Waals surface area contributed by atoms with E-state index in [1.54, 1.807) is 20.8 Å². The third kappa shape index (κ3) is 5.49. The van der Waals surface area contributed by atoms with Crippen LogP contribution in [0.25, 0.3) is 0 Å². The molecule has 21 heavy (non-hydrogen) atoms. The third-order valence-electron chi connectivity index (χ3n) is 2.83. The lowest BCUT2D eigenvalue weighted by molar-refractivity contribution is -0.121. The molecule has 1 aromatic carbocycles. The molecule has 1 amide bonds. The van der Waals surface area contributed by atoms with Gasteiger partial charge in [0.2, 0.25) is 0 Å². The fraction of sp³-hybridized carbons (Fsp3) is 0.467. The van der Waals surface area contributed by atoms with Gasteiger partial charge in [0.15, 0.2) is 5.78 Å². The molecule has 0 aromatic heterocycles. The van der Waals surface area contributed by atoms with E-state index in [0.29, 0.717) is 0 Å². The van der Waals surface area contributed by atoms with Gasteiger partial charge >= 0.3 is 6.09 Å². The van der Waals surface area contributed by atoms with E-state index in [9.17, 15) is 18.4 Å². The maximum atomic E-state index is 13.0. The Kier molecular flexibility index (Phi) is 5.41. The number of ketones is 1. The molecule has 0 saturated carbocycles. The van der Waals surface area contributed by atoms with Gasteiger partial charge in [-0.25, -0.2) is 13.6 Å². The van der Waals surface area contributed by atoms with Crippen LogP contribution < -0.4 is 5.32 Å². The summed E-state index contributed by atoms with van der Waals surface area (Å²) in [6.07, 6.45) is -0.810. The van der Waals surface area contributed by atoms with Gasteiger partial charge in [0.1, 0.15) is 18.2 Å². The van der Waals surface area contributed by atoms with Crippen LogP contribution in [0.15, 0.2) is 18.2 Å². The summed E-state index contributed by atoms with van der Waals surface area (Å²) in [4.78, 5) is 23.2. The fourth-order valence-electron chi connectivity index (χ4n) is 1.93. The lowest BCUT2D eigenvalue weighted by Crippen LogP contribution is -2.48. The van der Waals surface area contributed by atoms with Gasteiger partial charge in [-0.1, -0.05) is 20.8 Å². The SMILES string of the molecule is CC(=O)C(NC(=O)OCc1cc(F)cc(F)c1)C(C)(C)C. The molecule has 0 fully saturated rings. The smallest absolute Gasteiger partial charge is 0.408 e. The third-order valence-corrected chi connectivity index (χ3v) is 2.83. The second-order valence-electron chi connectivity index (χ2n) is 5.91. The van der Waals surface area contributed by atoms with Gasteiger partial charge in [0.25, 0.3) is 0 Å². The number of alkyl carbamates (subject to hydrolysis) is 1. The molecule has 0 aliphatic rings. The van der Waals surface area contributed by atoms with Gasteiger partial charge in [0.05, 0.1) is 6.04 Å². The number of hydrogen-bond donors (Lipinski definition) is 1. The van der Waals surface area contributed by atoms with E-state index in [4.69, 9.17) is 4.74 Å². The normalized spacial score (nSPS) is 12.7. The first-order chi connectivity index (χ1) is 9.59. The van der Waals surface area contributed by atoms with Crippen molar-refractivity contribution in [2.24, 2.45) is 5.41 Å². The van der Waals surface area contributed by atoms with E-state index in [0.717, 1.165) is 18.2 Å². The van der Waals surface area contributed by atoms with Gasteiger partial charge in [-0.2, -0.15) is 0 Å². The average molecular weight is 299 g/mol. The summed E-state index contributed by atoms with van der Waals surface area (Å²) < 4.78 is 30.8. The van der Waals surface area contributed by atoms with Crippen molar-refractivity contribution >= 4 is 11.9 Å². The van der Waals surface area contributed by atoms with Crippen molar-refractivity contribution in [2.45, 2.75) is 40.3 Å². The Morgan fingerprint density at radius 2 is 1.71 bits per heavy atom. The van der Waals surface area contributed by atoms with E-state index in [2.05, 4.69) is 5.32 Å². The number of rotatable bonds is 4. The highest BCUT2D eigenvalue weighted by Gasteiger charge is 2.30. The Morgan fingerprint density at radius 3 is 2.14 bits per heavy atom. The highest BCUT2D eigenvalue weighted by Crippen LogP contribution is 2.20. The van der Waals surface area contributed by atoms with Crippen LogP contribution in [0.5, 0.6) is 0 Å². The quantitative estimate of drug-likeness (QED) is 0.929. The molecule has 6 heteroatoms. The van der Waals surface area contributed by atoms with E-state index in [-0.39, 0.29) is 18.0 Å². The van der Waals surface area contributed by atoms with E-state index in [1.807, 2.05) is 0 Å². The first-order valence-corrected chi connectivity index (χ1v) is 6.48. The molecule has 0 radical (unpaired) electrons. The standard InChI is InChI=1S/C15H19F2NO3/c1-9(19)13(15(2,3)4)18-14(20)21-8-10-5-11(16)7-12(17)6-10/h5-7,13H,8H2,1-4H3,(H,18,20). The largest absolute Gasteiger partial charge is 0.445 e. The first-order valence-electron chi connectivity index (χ1n) is 6.48. The average Bonchev–Trinajstić information content (AvgIpc) is 2.30. The summed E-state index contributed by atoms with van der Waals surface area (Å²) in [6, 6.07) is 2.18. The molecular weight excluding hydrogens is 280 g/mol. The van der Waals surface area contributed by atoms with Crippen LogP contribution in [-0.4, -0.2) is 17.9 Å². The van der Waals surface area contributed by atoms with E-state index >= 15 is 0 Å². The Balaban J connectivity index is 2.63. The van der Waals surface area contributed by atoms with Crippen molar-refractivity contribution < 1.29 is 23.1 Å². The first kappa shape index (κ1) is 17.1. The predicted molar refractivity (Wildman–Crippen MR) is 73.6 cm³/mol. The van der Waals surface area contributed by atoms with Crippen molar-refractivity contribution in [3.63, 3.8) is 0 Å². The van der Waals surface area contributed by atoms with Crippen molar-refractivity contribution in [2.75, 3.05) is 0 Å². The van der Waals surface area contributed by atoms with Crippen molar-refractivity contribution in [1.82, 2.24) is 5.32 Å². The number of Topliss-reactive ketones (excluding diaryl/α,β-unsaturated/α-hetero) is 1. The fourth-order valence-corrected chi connectivity index (χ4v) is 1.93. The summed E-state index contributed by atoms with van der Waals surface area (Å²) in [5.41, 5.74) is -0.270. The number of hydrogen-bond acceptors (Lipinski definition) is 3. The molecular formula is C15H19F2NO3. The minimum Gasteiger partial charge on any atom is -0.445 e. The number of benzene rings is 1. The van der Waals surface area contributed by atoms with Crippen molar-refractivity contribution in [3.05, 3.63) is 35.4 Å². The molecule has 0 spiro atoms. The molecule has 116 valence electrons. The number of halogens is 2. The molecule has 0 heterocycles. The van der Waals surface area contributed by atoms with Crippen molar-refractivity contribution in [3.8, 4) is 0 Å². The molecule has 0 aliphatic carbocycles. The molecule has 0 bridgehead atoms. The summed E-state index contributed by atoms with van der Waals surface area (Å²) in [5, 5.41) is 2.46. The van der Waals surface area contributed by atoms with Gasteiger partial charge in [-0.3, -0.25) is 4.79 Å². The highest BCUT2D eigenvalue weighted by molar-refractivity contribution is 5.86. The van der Waals surface area contributed by atoms with Crippen LogP contribution in [0.4, 0.5) is 13.6 Å². The lowest BCUT2D eigenvalue weighted by Gasteiger charge is -2.28. The highest BCUT2D eigenvalue weighted by atomic mass is 19.1. The zero-order chi connectivity index (χ0) is 16.2. The minimum atomic E-state index is -0.810. The van der Waals surface area contributed by atoms with Gasteiger partial charge < -0.3 is 10.1 Å². The molecule has 1 N–H and O–H groups in total. The summed E-state index contributed by atoms with van der Waals surface area (Å²) in [6.45, 7) is 6.51. The van der Waals surface area contributed by atoms with Crippen LogP contribution in [0.3, 0.4) is 0 Å². The summed E-state index contributed by atoms with van der Waals surface area (Å²) in [5.74, 6) is -1.69. The van der Waals surface area contributed by atoms with Crippen LogP contribution >= 0.6 is 0 Å². The number of nitrogens with one attached hydrogen (secondary N) is 1. The molecule has 0 saturated heterocycles. The van der Waals surface area contributed by atoms with Gasteiger partial charge in [-0.05, 0) is 30.0 Å². The van der Waals surface area contributed by atoms with E-state index in [1.165, 1.54) is 6.92 Å². The van der Waals surface area contributed by atoms with Gasteiger partial charge in [-0.15, -0.1) is 0 Å². The number of carbonyl (C=O) groups is 2. The Bertz CT molecular complexity index is 518. The number of ether oxygens (including phenoxy) is 1. The van der Waals surface area contributed by atoms with Crippen LogP contribution in [0.1, 0.15) is 33.3 Å². The van der Waals surface area contributed by atoms with Crippen LogP contribution in [0.2, 0.25) is 0 Å². The molecule has 4 nitrogen and oxygen atoms in total. The topological polar surface area (TPSA) is 55.4 Å². The van der Waals surface area contributed by atoms with E-state index < -0.39 is 29.2 Å². The van der Waals surface area contributed by atoms with Crippen LogP contribution in [-0.2, 0) is 16.1 Å². The molecule has 1 aromatic rings. The zero-order valence-corrected chi connectivity index (χ0v) is 12.5. The predicted octanol–water partition coefficient (Wildman–Crippen LogP) is 3.19. The maximum absolute atomic E-state index is 13.0. The Hall–Kier alpha value is -1.98. The monoisotopic (exact) mass is 299 g/mol.